The molecule has 0 spiro atoms. The summed E-state index contributed by atoms with van der Waals surface area (Å²) in [6, 6.07) is 10.6. The molecule has 0 aliphatic carbocycles. The summed E-state index contributed by atoms with van der Waals surface area (Å²) < 4.78 is 32.0. The van der Waals surface area contributed by atoms with Crippen molar-refractivity contribution in [3.8, 4) is 0 Å². The van der Waals surface area contributed by atoms with Gasteiger partial charge in [-0.2, -0.15) is 4.72 Å². The van der Waals surface area contributed by atoms with Crippen LogP contribution in [0, 0.1) is 0 Å². The Kier molecular flexibility index (Phi) is 7.02. The molecule has 26 heavy (non-hydrogen) atoms. The van der Waals surface area contributed by atoms with Crippen molar-refractivity contribution < 1.29 is 23.1 Å². The van der Waals surface area contributed by atoms with Crippen molar-refractivity contribution in [2.24, 2.45) is 0 Å². The number of benzene rings is 2. The van der Waals surface area contributed by atoms with Gasteiger partial charge >= 0.3 is 5.97 Å². The van der Waals surface area contributed by atoms with E-state index in [1.807, 2.05) is 0 Å². The normalized spacial score (nSPS) is 13.8. The van der Waals surface area contributed by atoms with Crippen LogP contribution in [-0.2, 0) is 26.2 Å². The van der Waals surface area contributed by atoms with E-state index in [1.165, 1.54) is 31.2 Å². The maximum absolute atomic E-state index is 12.4. The van der Waals surface area contributed by atoms with E-state index in [1.54, 1.807) is 24.3 Å². The number of esters is 1. The Morgan fingerprint density at radius 1 is 1.08 bits per heavy atom. The van der Waals surface area contributed by atoms with Crippen molar-refractivity contribution in [3.05, 3.63) is 64.1 Å². The van der Waals surface area contributed by atoms with Crippen LogP contribution in [0.4, 0.5) is 0 Å². The molecule has 9 heteroatoms. The Bertz CT molecular complexity index is 852. The third-order valence-electron chi connectivity index (χ3n) is 3.44. The Morgan fingerprint density at radius 2 is 1.58 bits per heavy atom. The minimum Gasteiger partial charge on any atom is -0.460 e. The van der Waals surface area contributed by atoms with Gasteiger partial charge in [0.15, 0.2) is 0 Å². The number of sulfonamides is 1. The molecule has 0 aliphatic heterocycles. The molecule has 0 saturated heterocycles. The zero-order chi connectivity index (χ0) is 19.3. The molecule has 0 saturated carbocycles. The van der Waals surface area contributed by atoms with Gasteiger partial charge in [-0.3, -0.25) is 4.79 Å². The zero-order valence-electron chi connectivity index (χ0n) is 13.7. The van der Waals surface area contributed by atoms with E-state index in [0.29, 0.717) is 15.6 Å². The SMILES string of the molecule is C[C@@H](O)[C@H](NS(=O)(=O)c1ccc(Cl)cc1)C(=O)OCc1ccc(Cl)cc1. The Labute approximate surface area is 161 Å². The number of ether oxygens (including phenoxy) is 1. The minimum absolute atomic E-state index is 0.0815. The van der Waals surface area contributed by atoms with Crippen LogP contribution < -0.4 is 4.72 Å². The number of hydrogen-bond donors (Lipinski definition) is 2. The van der Waals surface area contributed by atoms with E-state index in [2.05, 4.69) is 4.72 Å². The van der Waals surface area contributed by atoms with E-state index in [9.17, 15) is 18.3 Å². The average Bonchev–Trinajstić information content (AvgIpc) is 2.59. The molecule has 0 heterocycles. The number of rotatable bonds is 7. The first-order valence-corrected chi connectivity index (χ1v) is 9.80. The second-order valence-electron chi connectivity index (χ2n) is 5.53. The topological polar surface area (TPSA) is 92.7 Å². The lowest BCUT2D eigenvalue weighted by molar-refractivity contribution is -0.149. The van der Waals surface area contributed by atoms with Crippen molar-refractivity contribution >= 4 is 39.2 Å². The maximum atomic E-state index is 12.4. The maximum Gasteiger partial charge on any atom is 0.327 e. The van der Waals surface area contributed by atoms with Crippen LogP contribution in [0.1, 0.15) is 12.5 Å². The minimum atomic E-state index is -4.04. The van der Waals surface area contributed by atoms with Crippen LogP contribution >= 0.6 is 23.2 Å². The van der Waals surface area contributed by atoms with Crippen LogP contribution in [-0.4, -0.2) is 31.6 Å². The highest BCUT2D eigenvalue weighted by Gasteiger charge is 2.31. The Morgan fingerprint density at radius 3 is 2.08 bits per heavy atom. The second kappa shape index (κ2) is 8.83. The van der Waals surface area contributed by atoms with Crippen LogP contribution in [0.3, 0.4) is 0 Å². The summed E-state index contributed by atoms with van der Waals surface area (Å²) in [6.07, 6.45) is -1.30. The van der Waals surface area contributed by atoms with Crippen molar-refractivity contribution in [1.29, 1.82) is 0 Å². The smallest absolute Gasteiger partial charge is 0.327 e. The van der Waals surface area contributed by atoms with E-state index in [4.69, 9.17) is 27.9 Å². The molecule has 140 valence electrons. The first-order chi connectivity index (χ1) is 12.2. The van der Waals surface area contributed by atoms with Crippen LogP contribution in [0.25, 0.3) is 0 Å². The van der Waals surface area contributed by atoms with Crippen molar-refractivity contribution in [2.75, 3.05) is 0 Å². The predicted molar refractivity (Wildman–Crippen MR) is 98.5 cm³/mol. The van der Waals surface area contributed by atoms with Gasteiger partial charge < -0.3 is 9.84 Å². The van der Waals surface area contributed by atoms with Gasteiger partial charge in [-0.25, -0.2) is 8.42 Å². The first-order valence-electron chi connectivity index (χ1n) is 7.56. The molecular weight excluding hydrogens is 401 g/mol. The van der Waals surface area contributed by atoms with Crippen LogP contribution in [0.5, 0.6) is 0 Å². The lowest BCUT2D eigenvalue weighted by Gasteiger charge is -2.20. The lowest BCUT2D eigenvalue weighted by atomic mass is 10.2. The van der Waals surface area contributed by atoms with Gasteiger partial charge in [-0.05, 0) is 48.9 Å². The molecule has 0 bridgehead atoms. The third-order valence-corrected chi connectivity index (χ3v) is 5.40. The molecule has 2 aromatic carbocycles. The monoisotopic (exact) mass is 417 g/mol. The summed E-state index contributed by atoms with van der Waals surface area (Å²) in [7, 11) is -4.04. The first kappa shape index (κ1) is 20.7. The van der Waals surface area contributed by atoms with Crippen LogP contribution in [0.15, 0.2) is 53.4 Å². The fourth-order valence-corrected chi connectivity index (χ4v) is 3.53. The number of halogens is 2. The average molecular weight is 418 g/mol. The summed E-state index contributed by atoms with van der Waals surface area (Å²) in [5.41, 5.74) is 0.674. The van der Waals surface area contributed by atoms with Gasteiger partial charge in [0.2, 0.25) is 10.0 Å². The van der Waals surface area contributed by atoms with Crippen molar-refractivity contribution in [3.63, 3.8) is 0 Å². The van der Waals surface area contributed by atoms with Gasteiger partial charge in [-0.15, -0.1) is 0 Å². The lowest BCUT2D eigenvalue weighted by Crippen LogP contribution is -2.48. The molecule has 2 atom stereocenters. The largest absolute Gasteiger partial charge is 0.460 e. The Hall–Kier alpha value is -1.64. The fraction of sp³-hybridized carbons (Fsp3) is 0.235. The number of carbonyl (C=O) groups excluding carboxylic acids is 1. The summed E-state index contributed by atoms with van der Waals surface area (Å²) in [5.74, 6) is -0.896. The van der Waals surface area contributed by atoms with E-state index < -0.39 is 28.1 Å². The molecule has 2 aromatic rings. The second-order valence-corrected chi connectivity index (χ2v) is 8.11. The highest BCUT2D eigenvalue weighted by Crippen LogP contribution is 2.15. The molecular formula is C17H17Cl2NO5S. The van der Waals surface area contributed by atoms with Gasteiger partial charge in [0.05, 0.1) is 11.0 Å². The molecule has 2 rings (SSSR count). The fourth-order valence-electron chi connectivity index (χ4n) is 2.02. The quantitative estimate of drug-likeness (QED) is 0.675. The highest BCUT2D eigenvalue weighted by atomic mass is 35.5. The van der Waals surface area contributed by atoms with Gasteiger partial charge in [-0.1, -0.05) is 35.3 Å². The van der Waals surface area contributed by atoms with Gasteiger partial charge in [0, 0.05) is 10.0 Å². The number of aliphatic hydroxyl groups is 1. The predicted octanol–water partition coefficient (Wildman–Crippen LogP) is 2.76. The molecule has 6 nitrogen and oxygen atoms in total. The van der Waals surface area contributed by atoms with Gasteiger partial charge in [0.25, 0.3) is 0 Å². The van der Waals surface area contributed by atoms with Crippen molar-refractivity contribution in [1.82, 2.24) is 4.72 Å². The summed E-state index contributed by atoms with van der Waals surface area (Å²) in [4.78, 5) is 12.1. The number of nitrogens with one attached hydrogen (secondary N) is 1. The molecule has 0 unspecified atom stereocenters. The van der Waals surface area contributed by atoms with Gasteiger partial charge in [0.1, 0.15) is 12.6 Å². The standard InChI is InChI=1S/C17H17Cl2NO5S/c1-11(21)16(17(22)25-10-12-2-4-13(18)5-3-12)20-26(23,24)15-8-6-14(19)7-9-15/h2-9,11,16,20-21H,10H2,1H3/t11-,16+/m1/s1. The number of carbonyl (C=O) groups is 1. The van der Waals surface area contributed by atoms with E-state index in [0.717, 1.165) is 0 Å². The summed E-state index contributed by atoms with van der Waals surface area (Å²) in [5, 5.41) is 10.7. The third kappa shape index (κ3) is 5.69. The zero-order valence-corrected chi connectivity index (χ0v) is 16.1. The molecule has 0 fully saturated rings. The highest BCUT2D eigenvalue weighted by molar-refractivity contribution is 7.89. The van der Waals surface area contributed by atoms with Crippen molar-refractivity contribution in [2.45, 2.75) is 30.6 Å². The molecule has 0 radical (unpaired) electrons. The summed E-state index contributed by atoms with van der Waals surface area (Å²) >= 11 is 11.5. The number of aliphatic hydroxyl groups excluding tert-OH is 1. The Balaban J connectivity index is 2.08. The molecule has 2 N–H and O–H groups in total. The van der Waals surface area contributed by atoms with E-state index >= 15 is 0 Å². The molecule has 0 amide bonds. The number of hydrogen-bond acceptors (Lipinski definition) is 5. The molecule has 0 aliphatic rings. The van der Waals surface area contributed by atoms with Crippen LogP contribution in [0.2, 0.25) is 10.0 Å². The molecule has 0 aromatic heterocycles. The summed E-state index contributed by atoms with van der Waals surface area (Å²) in [6.45, 7) is 1.21. The van der Waals surface area contributed by atoms with E-state index in [-0.39, 0.29) is 11.5 Å².